The van der Waals surface area contributed by atoms with E-state index < -0.39 is 0 Å². The highest BCUT2D eigenvalue weighted by atomic mass is 79.9. The Hall–Kier alpha value is -2.19. The maximum absolute atomic E-state index is 11.5. The molecule has 0 aliphatic carbocycles. The average Bonchev–Trinajstić information content (AvgIpc) is 3.12. The Morgan fingerprint density at radius 1 is 1.04 bits per heavy atom. The second kappa shape index (κ2) is 5.47. The molecule has 0 amide bonds. The van der Waals surface area contributed by atoms with Gasteiger partial charge in [0.25, 0.3) is 5.89 Å². The molecule has 114 valence electrons. The fourth-order valence-corrected chi connectivity index (χ4v) is 3.21. The van der Waals surface area contributed by atoms with E-state index in [1.165, 1.54) is 0 Å². The number of rotatable bonds is 2. The van der Waals surface area contributed by atoms with Crippen LogP contribution in [0.5, 0.6) is 0 Å². The van der Waals surface area contributed by atoms with Crippen molar-refractivity contribution >= 4 is 42.9 Å². The van der Waals surface area contributed by atoms with Gasteiger partial charge in [0, 0.05) is 14.5 Å². The van der Waals surface area contributed by atoms with Crippen LogP contribution in [0.4, 0.5) is 0 Å². The lowest BCUT2D eigenvalue weighted by Crippen LogP contribution is -1.99. The Morgan fingerprint density at radius 3 is 2.74 bits per heavy atom. The molecule has 0 saturated carbocycles. The molecule has 2 heterocycles. The molecule has 2 aromatic heterocycles. The minimum atomic E-state index is -0.286. The second-order valence-electron chi connectivity index (χ2n) is 4.89. The van der Waals surface area contributed by atoms with Crippen molar-refractivity contribution in [3.05, 3.63) is 55.8 Å². The number of halogens is 2. The van der Waals surface area contributed by atoms with Crippen LogP contribution >= 0.6 is 31.9 Å². The summed E-state index contributed by atoms with van der Waals surface area (Å²) in [6.07, 6.45) is 0. The van der Waals surface area contributed by atoms with E-state index in [2.05, 4.69) is 52.0 Å². The summed E-state index contributed by atoms with van der Waals surface area (Å²) < 4.78 is 7.12. The van der Waals surface area contributed by atoms with Crippen LogP contribution in [0, 0.1) is 0 Å². The van der Waals surface area contributed by atoms with Crippen LogP contribution in [-0.2, 0) is 0 Å². The Morgan fingerprint density at radius 2 is 1.91 bits per heavy atom. The second-order valence-corrected chi connectivity index (χ2v) is 6.72. The van der Waals surface area contributed by atoms with Crippen LogP contribution in [0.25, 0.3) is 33.9 Å². The molecular weight excluding hydrogens is 428 g/mol. The number of imidazole rings is 1. The molecule has 4 rings (SSSR count). The summed E-state index contributed by atoms with van der Waals surface area (Å²) in [5, 5.41) is 4.02. The van der Waals surface area contributed by atoms with Crippen molar-refractivity contribution < 1.29 is 4.52 Å². The highest BCUT2D eigenvalue weighted by molar-refractivity contribution is 9.10. The lowest BCUT2D eigenvalue weighted by Gasteiger charge is -1.98. The fourth-order valence-electron chi connectivity index (χ4n) is 2.35. The lowest BCUT2D eigenvalue weighted by molar-refractivity contribution is 0.432. The largest absolute Gasteiger partial charge is 0.334 e. The summed E-state index contributed by atoms with van der Waals surface area (Å²) in [5.74, 6) is 0.814. The van der Waals surface area contributed by atoms with Gasteiger partial charge in [0.2, 0.25) is 5.82 Å². The molecule has 0 saturated heterocycles. The molecule has 0 unspecified atom stereocenters. The van der Waals surface area contributed by atoms with E-state index in [4.69, 9.17) is 4.52 Å². The van der Waals surface area contributed by atoms with Gasteiger partial charge in [0.05, 0.1) is 16.6 Å². The van der Waals surface area contributed by atoms with E-state index in [0.29, 0.717) is 28.3 Å². The Bertz CT molecular complexity index is 1080. The molecule has 0 aliphatic rings. The van der Waals surface area contributed by atoms with Crippen molar-refractivity contribution in [2.75, 3.05) is 0 Å². The zero-order chi connectivity index (χ0) is 16.0. The molecule has 0 spiro atoms. The smallest absolute Gasteiger partial charge is 0.323 e. The van der Waals surface area contributed by atoms with E-state index in [1.807, 2.05) is 36.4 Å². The minimum absolute atomic E-state index is 0.286. The summed E-state index contributed by atoms with van der Waals surface area (Å²) in [6, 6.07) is 11.3. The van der Waals surface area contributed by atoms with Gasteiger partial charge < -0.3 is 14.5 Å². The third-order valence-corrected chi connectivity index (χ3v) is 4.28. The Balaban J connectivity index is 1.88. The van der Waals surface area contributed by atoms with Crippen LogP contribution in [0.1, 0.15) is 0 Å². The molecule has 23 heavy (non-hydrogen) atoms. The molecule has 6 nitrogen and oxygen atoms in total. The van der Waals surface area contributed by atoms with Crippen molar-refractivity contribution in [1.29, 1.82) is 0 Å². The first-order chi connectivity index (χ1) is 11.1. The van der Waals surface area contributed by atoms with Gasteiger partial charge >= 0.3 is 5.69 Å². The number of nitrogens with one attached hydrogen (secondary N) is 2. The first kappa shape index (κ1) is 14.4. The summed E-state index contributed by atoms with van der Waals surface area (Å²) in [7, 11) is 0. The zero-order valence-electron chi connectivity index (χ0n) is 11.4. The van der Waals surface area contributed by atoms with Gasteiger partial charge in [0.1, 0.15) is 0 Å². The highest BCUT2D eigenvalue weighted by Gasteiger charge is 2.16. The van der Waals surface area contributed by atoms with Gasteiger partial charge in [-0.05, 0) is 24.3 Å². The van der Waals surface area contributed by atoms with E-state index in [-0.39, 0.29) is 5.69 Å². The van der Waals surface area contributed by atoms with Crippen LogP contribution < -0.4 is 5.69 Å². The van der Waals surface area contributed by atoms with Gasteiger partial charge in [-0.2, -0.15) is 4.98 Å². The topological polar surface area (TPSA) is 87.6 Å². The van der Waals surface area contributed by atoms with Gasteiger partial charge in [0.15, 0.2) is 0 Å². The van der Waals surface area contributed by atoms with E-state index in [0.717, 1.165) is 14.5 Å². The molecule has 0 aliphatic heterocycles. The monoisotopic (exact) mass is 434 g/mol. The van der Waals surface area contributed by atoms with Crippen molar-refractivity contribution in [2.45, 2.75) is 0 Å². The molecule has 0 atom stereocenters. The number of hydrogen-bond acceptors (Lipinski definition) is 4. The summed E-state index contributed by atoms with van der Waals surface area (Å²) >= 11 is 6.84. The van der Waals surface area contributed by atoms with Crippen LogP contribution in [-0.4, -0.2) is 20.1 Å². The summed E-state index contributed by atoms with van der Waals surface area (Å²) in [5.41, 5.74) is 2.50. The average molecular weight is 436 g/mol. The summed E-state index contributed by atoms with van der Waals surface area (Å²) in [6.45, 7) is 0. The standard InChI is InChI=1S/C15H8Br2N4O2/c16-8-3-1-2-7(4-8)13-20-14(23-21-13)10-5-9(17)6-11-12(10)19-15(22)18-11/h1-6H,(H2,18,19,22). The lowest BCUT2D eigenvalue weighted by atomic mass is 10.2. The maximum atomic E-state index is 11.5. The third kappa shape index (κ3) is 2.64. The number of benzene rings is 2. The molecule has 2 aromatic carbocycles. The molecular formula is C15H8Br2N4O2. The number of nitrogens with zero attached hydrogens (tertiary/aromatic N) is 2. The van der Waals surface area contributed by atoms with Crippen LogP contribution in [0.2, 0.25) is 0 Å². The van der Waals surface area contributed by atoms with Crippen molar-refractivity contribution in [1.82, 2.24) is 20.1 Å². The Kier molecular flexibility index (Phi) is 3.42. The third-order valence-electron chi connectivity index (χ3n) is 3.33. The number of aromatic nitrogens is 4. The number of hydrogen-bond donors (Lipinski definition) is 2. The predicted molar refractivity (Wildman–Crippen MR) is 93.0 cm³/mol. The molecule has 2 N–H and O–H groups in total. The molecule has 8 heteroatoms. The predicted octanol–water partition coefficient (Wildman–Crippen LogP) is 4.10. The minimum Gasteiger partial charge on any atom is -0.334 e. The molecule has 4 aromatic rings. The number of aromatic amines is 2. The van der Waals surface area contributed by atoms with Crippen molar-refractivity contribution in [3.8, 4) is 22.8 Å². The SMILES string of the molecule is O=c1[nH]c2cc(Br)cc(-c3nc(-c4cccc(Br)c4)no3)c2[nH]1. The molecule has 0 bridgehead atoms. The molecule has 0 radical (unpaired) electrons. The highest BCUT2D eigenvalue weighted by Crippen LogP contribution is 2.30. The molecule has 0 fully saturated rings. The quantitative estimate of drug-likeness (QED) is 0.496. The first-order valence-corrected chi connectivity index (χ1v) is 8.20. The number of H-pyrrole nitrogens is 2. The normalized spacial score (nSPS) is 11.2. The van der Waals surface area contributed by atoms with Crippen molar-refractivity contribution in [3.63, 3.8) is 0 Å². The van der Waals surface area contributed by atoms with Gasteiger partial charge in [-0.1, -0.05) is 49.1 Å². The van der Waals surface area contributed by atoms with Gasteiger partial charge in [-0.3, -0.25) is 0 Å². The fraction of sp³-hybridized carbons (Fsp3) is 0. The summed E-state index contributed by atoms with van der Waals surface area (Å²) in [4.78, 5) is 21.4. The van der Waals surface area contributed by atoms with Gasteiger partial charge in [-0.25, -0.2) is 4.79 Å². The van der Waals surface area contributed by atoms with Crippen molar-refractivity contribution in [2.24, 2.45) is 0 Å². The maximum Gasteiger partial charge on any atom is 0.323 e. The van der Waals surface area contributed by atoms with Crippen LogP contribution in [0.3, 0.4) is 0 Å². The first-order valence-electron chi connectivity index (χ1n) is 6.62. The van der Waals surface area contributed by atoms with E-state index in [9.17, 15) is 4.79 Å². The Labute approximate surface area is 146 Å². The van der Waals surface area contributed by atoms with E-state index >= 15 is 0 Å². The number of fused-ring (bicyclic) bond motifs is 1. The van der Waals surface area contributed by atoms with Gasteiger partial charge in [-0.15, -0.1) is 0 Å². The van der Waals surface area contributed by atoms with E-state index in [1.54, 1.807) is 0 Å². The zero-order valence-corrected chi connectivity index (χ0v) is 14.6. The van der Waals surface area contributed by atoms with Crippen LogP contribution in [0.15, 0.2) is 54.7 Å².